The number of carbonyl (C=O) groups is 2. The highest BCUT2D eigenvalue weighted by molar-refractivity contribution is 7.90. The van der Waals surface area contributed by atoms with E-state index in [4.69, 9.17) is 8.83 Å². The maximum atomic E-state index is 12.4. The summed E-state index contributed by atoms with van der Waals surface area (Å²) in [4.78, 5) is 24.4. The van der Waals surface area contributed by atoms with Gasteiger partial charge in [-0.1, -0.05) is 18.2 Å². The van der Waals surface area contributed by atoms with Crippen LogP contribution in [0.3, 0.4) is 0 Å². The van der Waals surface area contributed by atoms with E-state index in [2.05, 4.69) is 10.9 Å². The van der Waals surface area contributed by atoms with Gasteiger partial charge in [0.1, 0.15) is 23.0 Å². The second-order valence-electron chi connectivity index (χ2n) is 6.07. The SMILES string of the molecule is Cc1cc(C(=O)NNC(=O)c2ccc(CS(=O)(=O)c3ccccc3)o2)c(C)o1. The molecule has 0 atom stereocenters. The fourth-order valence-electron chi connectivity index (χ4n) is 2.57. The zero-order valence-electron chi connectivity index (χ0n) is 15.2. The quantitative estimate of drug-likeness (QED) is 0.633. The number of hydrogen-bond acceptors (Lipinski definition) is 6. The molecule has 8 nitrogen and oxygen atoms in total. The Hall–Kier alpha value is -3.33. The second-order valence-corrected chi connectivity index (χ2v) is 8.06. The first-order valence-corrected chi connectivity index (χ1v) is 9.96. The molecule has 0 aliphatic rings. The Morgan fingerprint density at radius 1 is 0.929 bits per heavy atom. The third-order valence-electron chi connectivity index (χ3n) is 3.90. The molecule has 0 saturated heterocycles. The lowest BCUT2D eigenvalue weighted by atomic mass is 10.2. The van der Waals surface area contributed by atoms with Crippen LogP contribution in [0.1, 0.15) is 38.2 Å². The van der Waals surface area contributed by atoms with Gasteiger partial charge in [-0.15, -0.1) is 0 Å². The van der Waals surface area contributed by atoms with Crippen molar-refractivity contribution in [1.82, 2.24) is 10.9 Å². The van der Waals surface area contributed by atoms with Crippen LogP contribution in [-0.2, 0) is 15.6 Å². The summed E-state index contributed by atoms with van der Waals surface area (Å²) < 4.78 is 35.3. The first kappa shape index (κ1) is 19.4. The molecule has 146 valence electrons. The van der Waals surface area contributed by atoms with Gasteiger partial charge in [0.05, 0.1) is 10.5 Å². The number of carbonyl (C=O) groups excluding carboxylic acids is 2. The topological polar surface area (TPSA) is 119 Å². The maximum Gasteiger partial charge on any atom is 0.305 e. The number of hydrogen-bond donors (Lipinski definition) is 2. The molecule has 3 aromatic rings. The van der Waals surface area contributed by atoms with Gasteiger partial charge >= 0.3 is 5.91 Å². The lowest BCUT2D eigenvalue weighted by Gasteiger charge is -2.05. The van der Waals surface area contributed by atoms with Gasteiger partial charge in [-0.2, -0.15) is 0 Å². The molecule has 0 spiro atoms. The van der Waals surface area contributed by atoms with Gasteiger partial charge in [-0.05, 0) is 44.2 Å². The summed E-state index contributed by atoms with van der Waals surface area (Å²) in [7, 11) is -3.60. The maximum absolute atomic E-state index is 12.4. The molecule has 2 amide bonds. The van der Waals surface area contributed by atoms with E-state index in [1.807, 2.05) is 0 Å². The zero-order valence-corrected chi connectivity index (χ0v) is 16.0. The van der Waals surface area contributed by atoms with Crippen molar-refractivity contribution in [2.24, 2.45) is 0 Å². The summed E-state index contributed by atoms with van der Waals surface area (Å²) in [5.74, 6) is -0.652. The lowest BCUT2D eigenvalue weighted by molar-refractivity contribution is 0.0829. The Bertz CT molecular complexity index is 1110. The van der Waals surface area contributed by atoms with Gasteiger partial charge in [-0.25, -0.2) is 8.42 Å². The number of rotatable bonds is 5. The van der Waals surface area contributed by atoms with Crippen LogP contribution in [0.25, 0.3) is 0 Å². The highest BCUT2D eigenvalue weighted by Crippen LogP contribution is 2.18. The van der Waals surface area contributed by atoms with Crippen LogP contribution in [0.5, 0.6) is 0 Å². The first-order chi connectivity index (χ1) is 13.3. The molecule has 0 bridgehead atoms. The molecule has 2 N–H and O–H groups in total. The molecule has 0 fully saturated rings. The Balaban J connectivity index is 1.63. The van der Waals surface area contributed by atoms with Crippen LogP contribution < -0.4 is 10.9 Å². The average Bonchev–Trinajstić information content (AvgIpc) is 3.25. The zero-order chi connectivity index (χ0) is 20.3. The van der Waals surface area contributed by atoms with Crippen LogP contribution in [0.15, 0.2) is 62.3 Å². The molecule has 1 aromatic carbocycles. The minimum Gasteiger partial charge on any atom is -0.466 e. The van der Waals surface area contributed by atoms with Crippen molar-refractivity contribution in [3.8, 4) is 0 Å². The van der Waals surface area contributed by atoms with E-state index in [9.17, 15) is 18.0 Å². The standard InChI is InChI=1S/C19H18N2O6S/c1-12-10-16(13(2)26-12)18(22)20-21-19(23)17-9-8-14(27-17)11-28(24,25)15-6-4-3-5-7-15/h3-10H,11H2,1-2H3,(H,20,22)(H,21,23). The number of benzene rings is 1. The summed E-state index contributed by atoms with van der Waals surface area (Å²) >= 11 is 0. The number of amides is 2. The Kier molecular flexibility index (Phi) is 5.36. The van der Waals surface area contributed by atoms with E-state index < -0.39 is 21.7 Å². The number of hydrazine groups is 1. The number of nitrogens with one attached hydrogen (secondary N) is 2. The van der Waals surface area contributed by atoms with Crippen LogP contribution in [0, 0.1) is 13.8 Å². The monoisotopic (exact) mass is 402 g/mol. The van der Waals surface area contributed by atoms with Gasteiger partial charge in [0.15, 0.2) is 15.6 Å². The molecule has 9 heteroatoms. The van der Waals surface area contributed by atoms with Crippen molar-refractivity contribution >= 4 is 21.7 Å². The van der Waals surface area contributed by atoms with Gasteiger partial charge < -0.3 is 8.83 Å². The van der Waals surface area contributed by atoms with Crippen LogP contribution in [0.4, 0.5) is 0 Å². The molecule has 0 aliphatic heterocycles. The number of furan rings is 2. The van der Waals surface area contributed by atoms with E-state index in [1.165, 1.54) is 24.3 Å². The minimum atomic E-state index is -3.60. The van der Waals surface area contributed by atoms with E-state index in [0.29, 0.717) is 17.1 Å². The summed E-state index contributed by atoms with van der Waals surface area (Å²) in [5, 5.41) is 0. The lowest BCUT2D eigenvalue weighted by Crippen LogP contribution is -2.41. The van der Waals surface area contributed by atoms with Gasteiger partial charge in [0.25, 0.3) is 5.91 Å². The summed E-state index contributed by atoms with van der Waals surface area (Å²) in [5.41, 5.74) is 4.77. The Labute approximate surface area is 161 Å². The molecular formula is C19H18N2O6S. The Morgan fingerprint density at radius 2 is 1.61 bits per heavy atom. The van der Waals surface area contributed by atoms with E-state index in [0.717, 1.165) is 0 Å². The molecule has 2 aromatic heterocycles. The molecule has 2 heterocycles. The molecule has 28 heavy (non-hydrogen) atoms. The smallest absolute Gasteiger partial charge is 0.305 e. The number of sulfone groups is 1. The highest BCUT2D eigenvalue weighted by Gasteiger charge is 2.20. The van der Waals surface area contributed by atoms with Gasteiger partial charge in [0, 0.05) is 0 Å². The van der Waals surface area contributed by atoms with Crippen molar-refractivity contribution in [2.45, 2.75) is 24.5 Å². The molecule has 0 radical (unpaired) electrons. The summed E-state index contributed by atoms with van der Waals surface area (Å²) in [6, 6.07) is 12.2. The minimum absolute atomic E-state index is 0.113. The van der Waals surface area contributed by atoms with Crippen LogP contribution in [0.2, 0.25) is 0 Å². The Morgan fingerprint density at radius 3 is 2.25 bits per heavy atom. The van der Waals surface area contributed by atoms with Crippen molar-refractivity contribution in [3.05, 3.63) is 77.1 Å². The van der Waals surface area contributed by atoms with Gasteiger partial charge in [-0.3, -0.25) is 20.4 Å². The highest BCUT2D eigenvalue weighted by atomic mass is 32.2. The summed E-state index contributed by atoms with van der Waals surface area (Å²) in [6.07, 6.45) is 0. The van der Waals surface area contributed by atoms with Crippen molar-refractivity contribution < 1.29 is 26.8 Å². The molecule has 0 saturated carbocycles. The van der Waals surface area contributed by atoms with E-state index in [-0.39, 0.29) is 22.2 Å². The third-order valence-corrected chi connectivity index (χ3v) is 5.55. The first-order valence-electron chi connectivity index (χ1n) is 8.30. The normalized spacial score (nSPS) is 11.2. The third kappa shape index (κ3) is 4.32. The molecular weight excluding hydrogens is 384 g/mol. The second kappa shape index (κ2) is 7.73. The fourth-order valence-corrected chi connectivity index (χ4v) is 3.84. The van der Waals surface area contributed by atoms with E-state index >= 15 is 0 Å². The summed E-state index contributed by atoms with van der Waals surface area (Å²) in [6.45, 7) is 3.34. The molecule has 3 rings (SSSR count). The fraction of sp³-hybridized carbons (Fsp3) is 0.158. The largest absolute Gasteiger partial charge is 0.466 e. The predicted octanol–water partition coefficient (Wildman–Crippen LogP) is 2.54. The number of aryl methyl sites for hydroxylation is 2. The molecule has 0 aliphatic carbocycles. The van der Waals surface area contributed by atoms with Crippen molar-refractivity contribution in [3.63, 3.8) is 0 Å². The average molecular weight is 402 g/mol. The van der Waals surface area contributed by atoms with Crippen LogP contribution in [-0.4, -0.2) is 20.2 Å². The van der Waals surface area contributed by atoms with Gasteiger partial charge in [0.2, 0.25) is 0 Å². The van der Waals surface area contributed by atoms with Crippen molar-refractivity contribution in [2.75, 3.05) is 0 Å². The van der Waals surface area contributed by atoms with Crippen LogP contribution >= 0.6 is 0 Å². The molecule has 0 unspecified atom stereocenters. The predicted molar refractivity (Wildman–Crippen MR) is 99.2 cm³/mol. The van der Waals surface area contributed by atoms with E-state index in [1.54, 1.807) is 38.1 Å². The van der Waals surface area contributed by atoms with Crippen molar-refractivity contribution in [1.29, 1.82) is 0 Å².